The van der Waals surface area contributed by atoms with Crippen LogP contribution in [0.5, 0.6) is 0 Å². The topological polar surface area (TPSA) is 83.6 Å². The molecule has 3 heterocycles. The molecule has 1 saturated heterocycles. The van der Waals surface area contributed by atoms with Crippen molar-refractivity contribution in [3.8, 4) is 0 Å². The van der Waals surface area contributed by atoms with Crippen LogP contribution in [-0.4, -0.2) is 70.6 Å². The van der Waals surface area contributed by atoms with E-state index in [1.54, 1.807) is 17.9 Å². The lowest BCUT2D eigenvalue weighted by molar-refractivity contribution is -0.121. The Morgan fingerprint density at radius 2 is 1.93 bits per heavy atom. The number of hydrogen-bond donors (Lipinski definition) is 1. The Bertz CT molecular complexity index is 1000. The number of hydrogen-bond acceptors (Lipinski definition) is 5. The highest BCUT2D eigenvalue weighted by atomic mass is 16.5. The maximum atomic E-state index is 12.4. The standard InChI is InChI=1S/C21H25N5O3/c1-16-14-18(23-29-16)21(28)25-12-10-24(11-13-25)9-7-22-20(27)15-26-8-6-17-4-2-3-5-19(17)26/h2-6,8,14H,7,9-13,15H2,1H3,(H,22,27). The molecule has 1 aliphatic heterocycles. The van der Waals surface area contributed by atoms with E-state index < -0.39 is 0 Å². The van der Waals surface area contributed by atoms with Crippen LogP contribution in [0.3, 0.4) is 0 Å². The lowest BCUT2D eigenvalue weighted by Crippen LogP contribution is -2.50. The number of fused-ring (bicyclic) bond motifs is 1. The zero-order valence-corrected chi connectivity index (χ0v) is 16.5. The highest BCUT2D eigenvalue weighted by molar-refractivity contribution is 5.92. The van der Waals surface area contributed by atoms with Gasteiger partial charge in [0.15, 0.2) is 5.69 Å². The van der Waals surface area contributed by atoms with Crippen LogP contribution in [-0.2, 0) is 11.3 Å². The number of rotatable bonds is 6. The minimum absolute atomic E-state index is 0.00145. The zero-order valence-electron chi connectivity index (χ0n) is 16.5. The summed E-state index contributed by atoms with van der Waals surface area (Å²) in [6.45, 7) is 6.29. The molecule has 0 aliphatic carbocycles. The van der Waals surface area contributed by atoms with Crippen molar-refractivity contribution in [3.63, 3.8) is 0 Å². The van der Waals surface area contributed by atoms with Crippen molar-refractivity contribution in [1.82, 2.24) is 24.8 Å². The van der Waals surface area contributed by atoms with Crippen LogP contribution >= 0.6 is 0 Å². The Morgan fingerprint density at radius 3 is 2.69 bits per heavy atom. The molecule has 0 radical (unpaired) electrons. The third-order valence-electron chi connectivity index (χ3n) is 5.25. The smallest absolute Gasteiger partial charge is 0.276 e. The highest BCUT2D eigenvalue weighted by Crippen LogP contribution is 2.14. The molecule has 1 aromatic carbocycles. The normalized spacial score (nSPS) is 15.0. The van der Waals surface area contributed by atoms with Crippen LogP contribution in [0.1, 0.15) is 16.2 Å². The Hall–Kier alpha value is -3.13. The van der Waals surface area contributed by atoms with Crippen LogP contribution in [0.25, 0.3) is 10.9 Å². The largest absolute Gasteiger partial charge is 0.361 e. The molecule has 4 rings (SSSR count). The summed E-state index contributed by atoms with van der Waals surface area (Å²) < 4.78 is 6.94. The first-order chi connectivity index (χ1) is 14.1. The lowest BCUT2D eigenvalue weighted by atomic mass is 10.2. The quantitative estimate of drug-likeness (QED) is 0.684. The van der Waals surface area contributed by atoms with Crippen LogP contribution in [0.4, 0.5) is 0 Å². The van der Waals surface area contributed by atoms with Gasteiger partial charge in [0.25, 0.3) is 5.91 Å². The summed E-state index contributed by atoms with van der Waals surface area (Å²) in [5.41, 5.74) is 1.42. The summed E-state index contributed by atoms with van der Waals surface area (Å²) >= 11 is 0. The van der Waals surface area contributed by atoms with E-state index in [-0.39, 0.29) is 11.8 Å². The van der Waals surface area contributed by atoms with Gasteiger partial charge in [-0.1, -0.05) is 23.4 Å². The number of piperazine rings is 1. The molecule has 152 valence electrons. The van der Waals surface area contributed by atoms with Crippen LogP contribution < -0.4 is 5.32 Å². The first-order valence-corrected chi connectivity index (χ1v) is 9.86. The fourth-order valence-electron chi connectivity index (χ4n) is 3.65. The van der Waals surface area contributed by atoms with E-state index in [1.165, 1.54) is 0 Å². The van der Waals surface area contributed by atoms with Crippen LogP contribution in [0, 0.1) is 6.92 Å². The Morgan fingerprint density at radius 1 is 1.14 bits per heavy atom. The van der Waals surface area contributed by atoms with Gasteiger partial charge in [0.2, 0.25) is 5.91 Å². The summed E-state index contributed by atoms with van der Waals surface area (Å²) in [7, 11) is 0. The fourth-order valence-corrected chi connectivity index (χ4v) is 3.65. The molecule has 29 heavy (non-hydrogen) atoms. The summed E-state index contributed by atoms with van der Waals surface area (Å²) in [6.07, 6.45) is 1.94. The molecule has 0 saturated carbocycles. The average Bonchev–Trinajstić information content (AvgIpc) is 3.35. The molecule has 0 spiro atoms. The third kappa shape index (κ3) is 4.48. The molecule has 0 unspecified atom stereocenters. The number of aromatic nitrogens is 2. The molecule has 2 aromatic heterocycles. The number of carbonyl (C=O) groups excluding carboxylic acids is 2. The molecular weight excluding hydrogens is 370 g/mol. The number of nitrogens with zero attached hydrogens (tertiary/aromatic N) is 4. The Balaban J connectivity index is 1.19. The summed E-state index contributed by atoms with van der Waals surface area (Å²) in [5.74, 6) is 0.547. The van der Waals surface area contributed by atoms with Gasteiger partial charge in [-0.05, 0) is 24.4 Å². The van der Waals surface area contributed by atoms with E-state index in [0.29, 0.717) is 37.6 Å². The second-order valence-electron chi connectivity index (χ2n) is 7.31. The number of aryl methyl sites for hydroxylation is 1. The summed E-state index contributed by atoms with van der Waals surface area (Å²) in [5, 5.41) is 7.92. The molecule has 8 nitrogen and oxygen atoms in total. The Labute approximate surface area is 169 Å². The maximum Gasteiger partial charge on any atom is 0.276 e. The summed E-state index contributed by atoms with van der Waals surface area (Å²) in [6, 6.07) is 11.7. The highest BCUT2D eigenvalue weighted by Gasteiger charge is 2.24. The molecule has 0 atom stereocenters. The van der Waals surface area contributed by atoms with E-state index in [4.69, 9.17) is 4.52 Å². The number of nitrogens with one attached hydrogen (secondary N) is 1. The number of carbonyl (C=O) groups is 2. The number of amides is 2. The van der Waals surface area contributed by atoms with Gasteiger partial charge < -0.3 is 19.3 Å². The van der Waals surface area contributed by atoms with E-state index in [9.17, 15) is 9.59 Å². The monoisotopic (exact) mass is 395 g/mol. The van der Waals surface area contributed by atoms with Crippen LogP contribution in [0.2, 0.25) is 0 Å². The predicted molar refractivity (Wildman–Crippen MR) is 109 cm³/mol. The first-order valence-electron chi connectivity index (χ1n) is 9.86. The number of benzene rings is 1. The molecule has 1 N–H and O–H groups in total. The molecule has 0 bridgehead atoms. The van der Waals surface area contributed by atoms with Gasteiger partial charge in [0, 0.05) is 57.0 Å². The second kappa shape index (κ2) is 8.48. The Kier molecular flexibility index (Phi) is 5.62. The van der Waals surface area contributed by atoms with E-state index in [0.717, 1.165) is 30.5 Å². The van der Waals surface area contributed by atoms with Gasteiger partial charge in [-0.15, -0.1) is 0 Å². The molecular formula is C21H25N5O3. The van der Waals surface area contributed by atoms with Gasteiger partial charge in [-0.25, -0.2) is 0 Å². The maximum absolute atomic E-state index is 12.4. The van der Waals surface area contributed by atoms with E-state index in [1.807, 2.05) is 41.1 Å². The average molecular weight is 395 g/mol. The first kappa shape index (κ1) is 19.2. The van der Waals surface area contributed by atoms with Crippen molar-refractivity contribution in [2.24, 2.45) is 0 Å². The molecule has 8 heteroatoms. The van der Waals surface area contributed by atoms with Gasteiger partial charge in [-0.3, -0.25) is 14.5 Å². The van der Waals surface area contributed by atoms with Gasteiger partial charge >= 0.3 is 0 Å². The lowest BCUT2D eigenvalue weighted by Gasteiger charge is -2.34. The minimum Gasteiger partial charge on any atom is -0.361 e. The third-order valence-corrected chi connectivity index (χ3v) is 5.25. The second-order valence-corrected chi connectivity index (χ2v) is 7.31. The van der Waals surface area contributed by atoms with Gasteiger partial charge in [-0.2, -0.15) is 0 Å². The van der Waals surface area contributed by atoms with Crippen molar-refractivity contribution in [1.29, 1.82) is 0 Å². The number of para-hydroxylation sites is 1. The van der Waals surface area contributed by atoms with Crippen molar-refractivity contribution < 1.29 is 14.1 Å². The minimum atomic E-state index is -0.0891. The SMILES string of the molecule is Cc1cc(C(=O)N2CCN(CCNC(=O)Cn3ccc4ccccc43)CC2)no1. The van der Waals surface area contributed by atoms with E-state index in [2.05, 4.69) is 15.4 Å². The van der Waals surface area contributed by atoms with Gasteiger partial charge in [0.05, 0.1) is 0 Å². The van der Waals surface area contributed by atoms with Gasteiger partial charge in [0.1, 0.15) is 12.3 Å². The fraction of sp³-hybridized carbons (Fsp3) is 0.381. The van der Waals surface area contributed by atoms with Crippen molar-refractivity contribution in [2.75, 3.05) is 39.3 Å². The molecule has 2 amide bonds. The molecule has 1 fully saturated rings. The van der Waals surface area contributed by atoms with Crippen molar-refractivity contribution in [2.45, 2.75) is 13.5 Å². The molecule has 3 aromatic rings. The van der Waals surface area contributed by atoms with E-state index >= 15 is 0 Å². The van der Waals surface area contributed by atoms with Crippen molar-refractivity contribution in [3.05, 3.63) is 54.0 Å². The summed E-state index contributed by atoms with van der Waals surface area (Å²) in [4.78, 5) is 28.7. The predicted octanol–water partition coefficient (Wildman–Crippen LogP) is 1.51. The zero-order chi connectivity index (χ0) is 20.2. The molecule has 1 aliphatic rings. The van der Waals surface area contributed by atoms with Crippen LogP contribution in [0.15, 0.2) is 47.1 Å². The van der Waals surface area contributed by atoms with Crippen molar-refractivity contribution >= 4 is 22.7 Å².